The van der Waals surface area contributed by atoms with Crippen LogP contribution in [0.25, 0.3) is 6.08 Å². The molecule has 1 aliphatic rings. The maximum absolute atomic E-state index is 12.7. The lowest BCUT2D eigenvalue weighted by Crippen LogP contribution is -2.30. The molecule has 2 amide bonds. The molecule has 1 N–H and O–H groups in total. The van der Waals surface area contributed by atoms with Gasteiger partial charge in [0.05, 0.1) is 10.9 Å². The van der Waals surface area contributed by atoms with E-state index in [1.165, 1.54) is 28.8 Å². The lowest BCUT2D eigenvalue weighted by molar-refractivity contribution is -0.254. The van der Waals surface area contributed by atoms with Crippen molar-refractivity contribution in [1.82, 2.24) is 4.90 Å². The van der Waals surface area contributed by atoms with Gasteiger partial charge in [-0.15, -0.1) is 0 Å². The monoisotopic (exact) mass is 459 g/mol. The number of benzene rings is 2. The molecule has 0 aliphatic carbocycles. The number of carboxylic acid groups (broad SMARTS) is 1. The summed E-state index contributed by atoms with van der Waals surface area (Å²) >= 11 is 12.6. The topological polar surface area (TPSA) is 89.5 Å². The van der Waals surface area contributed by atoms with Gasteiger partial charge in [0.1, 0.15) is 4.32 Å². The molecule has 0 bridgehead atoms. The summed E-state index contributed by atoms with van der Waals surface area (Å²) in [6.07, 6.45) is 2.17. The third-order valence-electron chi connectivity index (χ3n) is 4.27. The molecular weight excluding hydrogens is 444 g/mol. The first-order valence-corrected chi connectivity index (χ1v) is 10.6. The van der Waals surface area contributed by atoms with Crippen LogP contribution in [0.15, 0.2) is 53.4 Å². The summed E-state index contributed by atoms with van der Waals surface area (Å²) in [4.78, 5) is 37.9. The van der Waals surface area contributed by atoms with Gasteiger partial charge < -0.3 is 15.2 Å². The van der Waals surface area contributed by atoms with Gasteiger partial charge in [-0.25, -0.2) is 0 Å². The molecule has 0 aromatic heterocycles. The number of halogens is 1. The van der Waals surface area contributed by atoms with Crippen molar-refractivity contribution in [2.24, 2.45) is 0 Å². The number of hydrogen-bond acceptors (Lipinski definition) is 6. The van der Waals surface area contributed by atoms with Gasteiger partial charge in [-0.1, -0.05) is 72.0 Å². The third-order valence-corrected chi connectivity index (χ3v) is 5.99. The fourth-order valence-corrected chi connectivity index (χ4v) is 4.30. The zero-order valence-corrected chi connectivity index (χ0v) is 18.0. The summed E-state index contributed by atoms with van der Waals surface area (Å²) in [5.74, 6) is -1.96. The van der Waals surface area contributed by atoms with Gasteiger partial charge in [-0.05, 0) is 30.2 Å². The first kappa shape index (κ1) is 22.0. The normalized spacial score (nSPS) is 15.0. The molecule has 30 heavy (non-hydrogen) atoms. The second kappa shape index (κ2) is 9.88. The predicted octanol–water partition coefficient (Wildman–Crippen LogP) is 3.32. The molecular formula is C21H16ClN2O4S2-. The number of thioether (sulfide) groups is 1. The molecule has 0 atom stereocenters. The SMILES string of the molecule is O=C(CCCN1C(=O)/C(=C\c2ccccc2Cl)SC1=S)Nc1ccccc1C(=O)[O-]. The zero-order valence-electron chi connectivity index (χ0n) is 15.6. The molecule has 1 aliphatic heterocycles. The molecule has 6 nitrogen and oxygen atoms in total. The highest BCUT2D eigenvalue weighted by Gasteiger charge is 2.31. The number of thiocarbonyl (C=S) groups is 1. The first-order valence-electron chi connectivity index (χ1n) is 8.97. The average Bonchev–Trinajstić information content (AvgIpc) is 2.97. The Morgan fingerprint density at radius 3 is 2.60 bits per heavy atom. The lowest BCUT2D eigenvalue weighted by Gasteiger charge is -2.15. The first-order chi connectivity index (χ1) is 14.4. The van der Waals surface area contributed by atoms with E-state index in [-0.39, 0.29) is 36.0 Å². The standard InChI is InChI=1S/C21H17ClN2O4S2/c22-15-8-3-1-6-13(15)12-17-19(26)24(21(29)30-17)11-5-10-18(25)23-16-9-4-2-7-14(16)20(27)28/h1-4,6-9,12H,5,10-11H2,(H,23,25)(H,27,28)/p-1/b17-12+. The summed E-state index contributed by atoms with van der Waals surface area (Å²) in [7, 11) is 0. The number of para-hydroxylation sites is 1. The van der Waals surface area contributed by atoms with Crippen LogP contribution >= 0.6 is 35.6 Å². The molecule has 0 spiro atoms. The minimum atomic E-state index is -1.37. The van der Waals surface area contributed by atoms with Crippen LogP contribution in [0, 0.1) is 0 Å². The van der Waals surface area contributed by atoms with Crippen LogP contribution in [-0.2, 0) is 9.59 Å². The molecule has 3 rings (SSSR count). The van der Waals surface area contributed by atoms with Crippen LogP contribution in [0.3, 0.4) is 0 Å². The molecule has 0 radical (unpaired) electrons. The number of hydrogen-bond donors (Lipinski definition) is 1. The Morgan fingerprint density at radius 1 is 1.17 bits per heavy atom. The molecule has 154 valence electrons. The molecule has 1 saturated heterocycles. The summed E-state index contributed by atoms with van der Waals surface area (Å²) in [6, 6.07) is 13.2. The van der Waals surface area contributed by atoms with E-state index in [1.54, 1.807) is 30.3 Å². The van der Waals surface area contributed by atoms with Crippen LogP contribution < -0.4 is 10.4 Å². The average molecular weight is 460 g/mol. The van der Waals surface area contributed by atoms with Crippen molar-refractivity contribution in [2.45, 2.75) is 12.8 Å². The molecule has 1 heterocycles. The van der Waals surface area contributed by atoms with Crippen molar-refractivity contribution in [1.29, 1.82) is 0 Å². The number of anilines is 1. The van der Waals surface area contributed by atoms with Crippen LogP contribution in [0.2, 0.25) is 5.02 Å². The predicted molar refractivity (Wildman–Crippen MR) is 120 cm³/mol. The number of amides is 2. The van der Waals surface area contributed by atoms with Crippen molar-refractivity contribution in [3.8, 4) is 0 Å². The Balaban J connectivity index is 1.57. The summed E-state index contributed by atoms with van der Waals surface area (Å²) in [5.41, 5.74) is 0.814. The van der Waals surface area contributed by atoms with Crippen molar-refractivity contribution >= 4 is 69.4 Å². The van der Waals surface area contributed by atoms with E-state index < -0.39 is 5.97 Å². The van der Waals surface area contributed by atoms with Crippen molar-refractivity contribution in [2.75, 3.05) is 11.9 Å². The van der Waals surface area contributed by atoms with E-state index >= 15 is 0 Å². The molecule has 0 saturated carbocycles. The van der Waals surface area contributed by atoms with Gasteiger partial charge in [0.15, 0.2) is 0 Å². The van der Waals surface area contributed by atoms with Gasteiger partial charge in [0, 0.05) is 29.2 Å². The highest BCUT2D eigenvalue weighted by molar-refractivity contribution is 8.26. The summed E-state index contributed by atoms with van der Waals surface area (Å²) < 4.78 is 0.418. The van der Waals surface area contributed by atoms with E-state index in [0.717, 1.165) is 5.56 Å². The van der Waals surface area contributed by atoms with Crippen molar-refractivity contribution in [3.63, 3.8) is 0 Å². The van der Waals surface area contributed by atoms with Gasteiger partial charge in [-0.2, -0.15) is 0 Å². The smallest absolute Gasteiger partial charge is 0.266 e. The van der Waals surface area contributed by atoms with Crippen molar-refractivity contribution in [3.05, 3.63) is 69.6 Å². The minimum absolute atomic E-state index is 0.0903. The maximum Gasteiger partial charge on any atom is 0.266 e. The highest BCUT2D eigenvalue weighted by Crippen LogP contribution is 2.33. The van der Waals surface area contributed by atoms with E-state index in [0.29, 0.717) is 20.7 Å². The van der Waals surface area contributed by atoms with Crippen LogP contribution in [0.5, 0.6) is 0 Å². The zero-order chi connectivity index (χ0) is 21.7. The van der Waals surface area contributed by atoms with Gasteiger partial charge >= 0.3 is 0 Å². The number of nitrogens with zero attached hydrogens (tertiary/aromatic N) is 1. The summed E-state index contributed by atoms with van der Waals surface area (Å²) in [6.45, 7) is 0.278. The number of aromatic carboxylic acids is 1. The van der Waals surface area contributed by atoms with Crippen LogP contribution in [-0.4, -0.2) is 33.5 Å². The van der Waals surface area contributed by atoms with E-state index in [4.69, 9.17) is 23.8 Å². The minimum Gasteiger partial charge on any atom is -0.545 e. The van der Waals surface area contributed by atoms with E-state index in [9.17, 15) is 19.5 Å². The molecule has 9 heteroatoms. The van der Waals surface area contributed by atoms with Gasteiger partial charge in [-0.3, -0.25) is 14.5 Å². The molecule has 2 aromatic carbocycles. The number of carbonyl (C=O) groups excluding carboxylic acids is 3. The van der Waals surface area contributed by atoms with Gasteiger partial charge in [0.2, 0.25) is 5.91 Å². The fourth-order valence-electron chi connectivity index (χ4n) is 2.81. The van der Waals surface area contributed by atoms with E-state index in [2.05, 4.69) is 5.32 Å². The summed E-state index contributed by atoms with van der Waals surface area (Å²) in [5, 5.41) is 14.2. The number of rotatable bonds is 7. The van der Waals surface area contributed by atoms with Crippen LogP contribution in [0.1, 0.15) is 28.8 Å². The second-order valence-corrected chi connectivity index (χ2v) is 8.42. The number of carboxylic acids is 1. The third kappa shape index (κ3) is 5.27. The Hall–Kier alpha value is -2.68. The Labute approximate surface area is 187 Å². The Kier molecular flexibility index (Phi) is 7.25. The lowest BCUT2D eigenvalue weighted by atomic mass is 10.1. The number of nitrogens with one attached hydrogen (secondary N) is 1. The Bertz CT molecular complexity index is 1050. The van der Waals surface area contributed by atoms with Gasteiger partial charge in [0.25, 0.3) is 5.91 Å². The number of carbonyl (C=O) groups is 3. The largest absolute Gasteiger partial charge is 0.545 e. The van der Waals surface area contributed by atoms with Crippen molar-refractivity contribution < 1.29 is 19.5 Å². The second-order valence-electron chi connectivity index (χ2n) is 6.34. The molecule has 2 aromatic rings. The van der Waals surface area contributed by atoms with Crippen LogP contribution in [0.4, 0.5) is 5.69 Å². The Morgan fingerprint density at radius 2 is 1.87 bits per heavy atom. The molecule has 0 unspecified atom stereocenters. The highest BCUT2D eigenvalue weighted by atomic mass is 35.5. The van der Waals surface area contributed by atoms with E-state index in [1.807, 2.05) is 12.1 Å². The fraction of sp³-hybridized carbons (Fsp3) is 0.143. The maximum atomic E-state index is 12.7. The quantitative estimate of drug-likeness (QED) is 0.504. The molecule has 1 fully saturated rings.